The van der Waals surface area contributed by atoms with E-state index in [-0.39, 0.29) is 10.1 Å². The fraction of sp³-hybridized carbons (Fsp3) is 0.591. The molecule has 0 saturated heterocycles. The highest BCUT2D eigenvalue weighted by molar-refractivity contribution is 6.55. The molecular weight excluding hydrogens is 397 g/mol. The van der Waals surface area contributed by atoms with Crippen LogP contribution < -0.4 is 9.47 Å². The summed E-state index contributed by atoms with van der Waals surface area (Å²) in [5, 5.41) is 4.00. The topological polar surface area (TPSA) is 40.0 Å². The molecule has 6 heteroatoms. The van der Waals surface area contributed by atoms with Gasteiger partial charge in [0.2, 0.25) is 0 Å². The minimum absolute atomic E-state index is 0.210. The maximum Gasteiger partial charge on any atom is 0.129 e. The minimum atomic E-state index is -0.241. The summed E-state index contributed by atoms with van der Waals surface area (Å²) in [5.41, 5.74) is 2.06. The van der Waals surface area contributed by atoms with E-state index in [1.807, 2.05) is 39.1 Å². The summed E-state index contributed by atoms with van der Waals surface area (Å²) < 4.78 is 12.1. The molecule has 4 nitrogen and oxygen atoms in total. The monoisotopic (exact) mass is 429 g/mol. The van der Waals surface area contributed by atoms with E-state index in [2.05, 4.69) is 19.0 Å². The van der Waals surface area contributed by atoms with Gasteiger partial charge in [-0.15, -0.1) is 0 Å². The van der Waals surface area contributed by atoms with Gasteiger partial charge in [0.05, 0.1) is 6.61 Å². The van der Waals surface area contributed by atoms with Gasteiger partial charge >= 0.3 is 0 Å². The third-order valence-electron chi connectivity index (χ3n) is 3.84. The smallest absolute Gasteiger partial charge is 0.129 e. The first kappa shape index (κ1) is 24.6. The fourth-order valence-electron chi connectivity index (χ4n) is 2.48. The van der Waals surface area contributed by atoms with Gasteiger partial charge < -0.3 is 14.3 Å². The third kappa shape index (κ3) is 10.2. The number of aryl methyl sites for hydroxylation is 2. The summed E-state index contributed by atoms with van der Waals surface area (Å²) in [4.78, 5) is 5.33. The van der Waals surface area contributed by atoms with Crippen molar-refractivity contribution in [3.05, 3.63) is 33.8 Å². The van der Waals surface area contributed by atoms with Crippen LogP contribution in [0.15, 0.2) is 27.9 Å². The second-order valence-electron chi connectivity index (χ2n) is 7.42. The van der Waals surface area contributed by atoms with E-state index in [0.717, 1.165) is 54.7 Å². The maximum atomic E-state index is 6.12. The molecule has 1 aromatic carbocycles. The number of hydrogen-bond donors (Lipinski definition) is 0. The highest BCUT2D eigenvalue weighted by Gasteiger charge is 2.11. The molecular formula is C22H33Cl2NO3. The summed E-state index contributed by atoms with van der Waals surface area (Å²) >= 11 is 11.3. The van der Waals surface area contributed by atoms with Crippen LogP contribution in [-0.4, -0.2) is 25.0 Å². The molecule has 0 bridgehead atoms. The SMILES string of the molecule is CCc1cc(OCC=C(Cl)Cl)cc(CC)c1OCCCCC=NOC(C)(C)C. The molecule has 158 valence electrons. The lowest BCUT2D eigenvalue weighted by Gasteiger charge is -2.17. The van der Waals surface area contributed by atoms with E-state index in [1.165, 1.54) is 0 Å². The average molecular weight is 430 g/mol. The van der Waals surface area contributed by atoms with Crippen LogP contribution in [0.5, 0.6) is 11.5 Å². The molecule has 1 aromatic rings. The predicted molar refractivity (Wildman–Crippen MR) is 119 cm³/mol. The normalized spacial score (nSPS) is 11.5. The number of nitrogens with zero attached hydrogens (tertiary/aromatic N) is 1. The van der Waals surface area contributed by atoms with Gasteiger partial charge in [0, 0.05) is 6.21 Å². The van der Waals surface area contributed by atoms with Crippen molar-refractivity contribution in [3.63, 3.8) is 0 Å². The van der Waals surface area contributed by atoms with E-state index in [9.17, 15) is 0 Å². The van der Waals surface area contributed by atoms with E-state index >= 15 is 0 Å². The lowest BCUT2D eigenvalue weighted by molar-refractivity contribution is 0.00156. The number of unbranched alkanes of at least 4 members (excludes halogenated alkanes) is 2. The number of halogens is 2. The van der Waals surface area contributed by atoms with Gasteiger partial charge in [0.1, 0.15) is 28.2 Å². The molecule has 0 heterocycles. The van der Waals surface area contributed by atoms with Crippen molar-refractivity contribution in [1.29, 1.82) is 0 Å². The number of hydrogen-bond acceptors (Lipinski definition) is 4. The van der Waals surface area contributed by atoms with Crippen molar-refractivity contribution in [3.8, 4) is 11.5 Å². The molecule has 0 aromatic heterocycles. The number of benzene rings is 1. The zero-order chi connectivity index (χ0) is 21.0. The lowest BCUT2D eigenvalue weighted by atomic mass is 10.0. The molecule has 0 aliphatic heterocycles. The molecule has 1 rings (SSSR count). The maximum absolute atomic E-state index is 6.12. The summed E-state index contributed by atoms with van der Waals surface area (Å²) in [6.45, 7) is 11.2. The Labute approximate surface area is 179 Å². The highest BCUT2D eigenvalue weighted by atomic mass is 35.5. The van der Waals surface area contributed by atoms with Gasteiger partial charge in [0.15, 0.2) is 0 Å². The van der Waals surface area contributed by atoms with Gasteiger partial charge in [-0.1, -0.05) is 42.2 Å². The molecule has 0 aliphatic carbocycles. The summed E-state index contributed by atoms with van der Waals surface area (Å²) in [5.74, 6) is 1.79. The van der Waals surface area contributed by atoms with Crippen molar-refractivity contribution in [2.45, 2.75) is 72.3 Å². The molecule has 28 heavy (non-hydrogen) atoms. The minimum Gasteiger partial charge on any atom is -0.493 e. The number of ether oxygens (including phenoxy) is 2. The molecule has 0 aliphatic rings. The lowest BCUT2D eigenvalue weighted by Crippen LogP contribution is -2.15. The fourth-order valence-corrected chi connectivity index (χ4v) is 2.60. The van der Waals surface area contributed by atoms with Crippen molar-refractivity contribution in [2.75, 3.05) is 13.2 Å². The van der Waals surface area contributed by atoms with Gasteiger partial charge in [-0.2, -0.15) is 0 Å². The van der Waals surface area contributed by atoms with Crippen LogP contribution in [0.1, 0.15) is 65.0 Å². The van der Waals surface area contributed by atoms with Crippen LogP contribution in [-0.2, 0) is 17.7 Å². The Kier molecular flexibility index (Phi) is 11.4. The first-order valence-corrected chi connectivity index (χ1v) is 10.6. The van der Waals surface area contributed by atoms with Crippen LogP contribution in [0.4, 0.5) is 0 Å². The zero-order valence-corrected chi connectivity index (χ0v) is 19.2. The Bertz CT molecular complexity index is 623. The van der Waals surface area contributed by atoms with E-state index < -0.39 is 0 Å². The summed E-state index contributed by atoms with van der Waals surface area (Å²) in [6, 6.07) is 4.06. The van der Waals surface area contributed by atoms with Gasteiger partial charge in [-0.25, -0.2) is 0 Å². The Balaban J connectivity index is 2.56. The second kappa shape index (κ2) is 12.9. The van der Waals surface area contributed by atoms with Crippen molar-refractivity contribution in [2.24, 2.45) is 5.16 Å². The van der Waals surface area contributed by atoms with E-state index in [1.54, 1.807) is 6.08 Å². The van der Waals surface area contributed by atoms with Crippen LogP contribution in [0.2, 0.25) is 0 Å². The van der Waals surface area contributed by atoms with Crippen molar-refractivity contribution in [1.82, 2.24) is 0 Å². The largest absolute Gasteiger partial charge is 0.493 e. The molecule has 0 radical (unpaired) electrons. The number of oxime groups is 1. The van der Waals surface area contributed by atoms with Crippen LogP contribution in [0, 0.1) is 0 Å². The third-order valence-corrected chi connectivity index (χ3v) is 4.15. The summed E-state index contributed by atoms with van der Waals surface area (Å²) in [7, 11) is 0. The molecule has 0 N–H and O–H groups in total. The van der Waals surface area contributed by atoms with Crippen LogP contribution in [0.25, 0.3) is 0 Å². The van der Waals surface area contributed by atoms with Crippen LogP contribution >= 0.6 is 23.2 Å². The number of rotatable bonds is 12. The molecule has 0 unspecified atom stereocenters. The zero-order valence-electron chi connectivity index (χ0n) is 17.7. The Hall–Kier alpha value is -1.39. The molecule has 0 spiro atoms. The average Bonchev–Trinajstić information content (AvgIpc) is 2.62. The first-order valence-electron chi connectivity index (χ1n) is 9.89. The first-order chi connectivity index (χ1) is 13.3. The molecule has 0 fully saturated rings. The standard InChI is InChI=1S/C22H33Cl2NO3/c1-6-17-15-19(26-14-11-20(23)24)16-18(7-2)21(17)27-13-10-8-9-12-25-28-22(3,4)5/h11-12,15-16H,6-10,13-14H2,1-5H3. The van der Waals surface area contributed by atoms with Crippen molar-refractivity contribution < 1.29 is 14.3 Å². The van der Waals surface area contributed by atoms with Crippen molar-refractivity contribution >= 4 is 29.4 Å². The predicted octanol–water partition coefficient (Wildman–Crippen LogP) is 6.86. The Morgan fingerprint density at radius 2 is 1.68 bits per heavy atom. The van der Waals surface area contributed by atoms with Gasteiger partial charge in [0.25, 0.3) is 0 Å². The second-order valence-corrected chi connectivity index (χ2v) is 8.43. The quantitative estimate of drug-likeness (QED) is 0.207. The molecule has 0 atom stereocenters. The van der Waals surface area contributed by atoms with Gasteiger partial charge in [-0.3, -0.25) is 0 Å². The van der Waals surface area contributed by atoms with Gasteiger partial charge in [-0.05, 0) is 82.2 Å². The summed E-state index contributed by atoms with van der Waals surface area (Å²) in [6.07, 6.45) is 8.06. The molecule has 0 saturated carbocycles. The van der Waals surface area contributed by atoms with E-state index in [0.29, 0.717) is 13.2 Å². The van der Waals surface area contributed by atoms with E-state index in [4.69, 9.17) is 37.5 Å². The van der Waals surface area contributed by atoms with Crippen LogP contribution in [0.3, 0.4) is 0 Å². The molecule has 0 amide bonds. The highest BCUT2D eigenvalue weighted by Crippen LogP contribution is 2.31. The Morgan fingerprint density at radius 3 is 2.21 bits per heavy atom. The Morgan fingerprint density at radius 1 is 1.04 bits per heavy atom.